The van der Waals surface area contributed by atoms with Gasteiger partial charge in [0.05, 0.1) is 11.1 Å². The molecule has 164 valence electrons. The molecule has 2 aromatic rings. The van der Waals surface area contributed by atoms with E-state index in [2.05, 4.69) is 39.7 Å². The van der Waals surface area contributed by atoms with Gasteiger partial charge in [-0.15, -0.1) is 0 Å². The third-order valence-corrected chi connectivity index (χ3v) is 6.05. The highest BCUT2D eigenvalue weighted by molar-refractivity contribution is 6.34. The highest BCUT2D eigenvalue weighted by atomic mass is 16.2. The normalized spacial score (nSPS) is 22.5. The molecule has 1 fully saturated rings. The largest absolute Gasteiger partial charge is 0.358 e. The number of hydrogen-bond donors (Lipinski definition) is 4. The zero-order chi connectivity index (χ0) is 22.1. The molecule has 7 heteroatoms. The first kappa shape index (κ1) is 21.3. The van der Waals surface area contributed by atoms with Crippen LogP contribution >= 0.6 is 0 Å². The van der Waals surface area contributed by atoms with Crippen LogP contribution in [-0.2, 0) is 4.79 Å². The fourth-order valence-electron chi connectivity index (χ4n) is 4.72. The fourth-order valence-corrected chi connectivity index (χ4v) is 4.72. The molecule has 4 N–H and O–H groups in total. The molecule has 2 unspecified atom stereocenters. The summed E-state index contributed by atoms with van der Waals surface area (Å²) in [4.78, 5) is 31.0. The van der Waals surface area contributed by atoms with E-state index in [0.29, 0.717) is 29.8 Å². The third-order valence-electron chi connectivity index (χ3n) is 6.05. The van der Waals surface area contributed by atoms with Crippen molar-refractivity contribution in [3.8, 4) is 0 Å². The lowest BCUT2D eigenvalue weighted by atomic mass is 10.0. The standard InChI is InChI=1S/C24H31N5O2/c1-14-12-29(13-15(2)26-14)10-9-25-24(31)22-16(3)21(27-17(22)4)11-19-18-7-5-6-8-20(18)28-23(19)30/h5-8,11,14-15,26-27H,9-10,12-13H2,1-4H3,(H,25,31)(H,28,30). The van der Waals surface area contributed by atoms with Crippen molar-refractivity contribution in [3.63, 3.8) is 0 Å². The van der Waals surface area contributed by atoms with Gasteiger partial charge in [-0.3, -0.25) is 14.5 Å². The predicted octanol–water partition coefficient (Wildman–Crippen LogP) is 2.54. The number of piperazine rings is 1. The van der Waals surface area contributed by atoms with Crippen molar-refractivity contribution in [3.05, 3.63) is 52.3 Å². The van der Waals surface area contributed by atoms with Crippen LogP contribution in [0.5, 0.6) is 0 Å². The van der Waals surface area contributed by atoms with Gasteiger partial charge in [-0.1, -0.05) is 18.2 Å². The molecule has 1 aromatic heterocycles. The van der Waals surface area contributed by atoms with Crippen LogP contribution < -0.4 is 16.0 Å². The number of aromatic nitrogens is 1. The zero-order valence-electron chi connectivity index (χ0n) is 18.6. The highest BCUT2D eigenvalue weighted by Crippen LogP contribution is 2.33. The molecular weight excluding hydrogens is 390 g/mol. The monoisotopic (exact) mass is 421 g/mol. The summed E-state index contributed by atoms with van der Waals surface area (Å²) in [6.45, 7) is 11.6. The van der Waals surface area contributed by atoms with Gasteiger partial charge in [0.2, 0.25) is 0 Å². The first-order valence-electron chi connectivity index (χ1n) is 10.9. The quantitative estimate of drug-likeness (QED) is 0.559. The minimum absolute atomic E-state index is 0.0802. The zero-order valence-corrected chi connectivity index (χ0v) is 18.6. The SMILES string of the molecule is Cc1[nH]c(C=C2C(=O)Nc3ccccc32)c(C)c1C(=O)NCCN1CC(C)NC(C)C1. The molecule has 0 saturated carbocycles. The van der Waals surface area contributed by atoms with E-state index in [1.165, 1.54) is 0 Å². The van der Waals surface area contributed by atoms with Gasteiger partial charge in [-0.25, -0.2) is 0 Å². The maximum Gasteiger partial charge on any atom is 0.256 e. The molecule has 7 nitrogen and oxygen atoms in total. The Morgan fingerprint density at radius 3 is 2.65 bits per heavy atom. The number of amides is 2. The number of aromatic amines is 1. The number of nitrogens with zero attached hydrogens (tertiary/aromatic N) is 1. The second-order valence-electron chi connectivity index (χ2n) is 8.71. The second kappa shape index (κ2) is 8.69. The van der Waals surface area contributed by atoms with E-state index in [1.807, 2.05) is 44.2 Å². The van der Waals surface area contributed by atoms with Crippen LogP contribution in [-0.4, -0.2) is 60.0 Å². The Hall–Kier alpha value is -2.90. The Balaban J connectivity index is 1.46. The number of aryl methyl sites for hydroxylation is 1. The van der Waals surface area contributed by atoms with E-state index >= 15 is 0 Å². The number of para-hydroxylation sites is 1. The molecule has 2 atom stereocenters. The average Bonchev–Trinajstić information content (AvgIpc) is 3.17. The summed E-state index contributed by atoms with van der Waals surface area (Å²) in [5, 5.41) is 9.48. The van der Waals surface area contributed by atoms with Crippen LogP contribution in [0.3, 0.4) is 0 Å². The van der Waals surface area contributed by atoms with Gasteiger partial charge in [-0.05, 0) is 45.4 Å². The summed E-state index contributed by atoms with van der Waals surface area (Å²) in [6.07, 6.45) is 1.84. The number of nitrogens with one attached hydrogen (secondary N) is 4. The average molecular weight is 422 g/mol. The molecule has 0 bridgehead atoms. The van der Waals surface area contributed by atoms with Crippen molar-refractivity contribution in [2.45, 2.75) is 39.8 Å². The molecular formula is C24H31N5O2. The van der Waals surface area contributed by atoms with Crippen LogP contribution in [0.25, 0.3) is 11.6 Å². The number of rotatable bonds is 5. The first-order chi connectivity index (χ1) is 14.8. The van der Waals surface area contributed by atoms with E-state index in [1.54, 1.807) is 0 Å². The number of fused-ring (bicyclic) bond motifs is 1. The van der Waals surface area contributed by atoms with Crippen LogP contribution in [0, 0.1) is 13.8 Å². The fraction of sp³-hybridized carbons (Fsp3) is 0.417. The number of anilines is 1. The number of carbonyl (C=O) groups is 2. The molecule has 0 radical (unpaired) electrons. The molecule has 0 spiro atoms. The van der Waals surface area contributed by atoms with Gasteiger partial charge in [0.1, 0.15) is 0 Å². The summed E-state index contributed by atoms with van der Waals surface area (Å²) in [7, 11) is 0. The van der Waals surface area contributed by atoms with Gasteiger partial charge >= 0.3 is 0 Å². The van der Waals surface area contributed by atoms with E-state index in [0.717, 1.165) is 47.8 Å². The van der Waals surface area contributed by atoms with Crippen LogP contribution in [0.4, 0.5) is 5.69 Å². The predicted molar refractivity (Wildman–Crippen MR) is 124 cm³/mol. The molecule has 2 aliphatic rings. The van der Waals surface area contributed by atoms with E-state index in [4.69, 9.17) is 0 Å². The minimum atomic E-state index is -0.127. The molecule has 31 heavy (non-hydrogen) atoms. The maximum absolute atomic E-state index is 12.9. The van der Waals surface area contributed by atoms with Gasteiger partial charge in [0, 0.05) is 60.9 Å². The number of carbonyl (C=O) groups excluding carboxylic acids is 2. The van der Waals surface area contributed by atoms with Gasteiger partial charge in [0.15, 0.2) is 0 Å². The smallest absolute Gasteiger partial charge is 0.256 e. The lowest BCUT2D eigenvalue weighted by Crippen LogP contribution is -2.55. The highest BCUT2D eigenvalue weighted by Gasteiger charge is 2.25. The topological polar surface area (TPSA) is 89.3 Å². The molecule has 0 aliphatic carbocycles. The van der Waals surface area contributed by atoms with Gasteiger partial charge < -0.3 is 20.9 Å². The summed E-state index contributed by atoms with van der Waals surface area (Å²) < 4.78 is 0. The first-order valence-corrected chi connectivity index (χ1v) is 10.9. The Morgan fingerprint density at radius 1 is 1.19 bits per heavy atom. The van der Waals surface area contributed by atoms with Gasteiger partial charge in [-0.2, -0.15) is 0 Å². The van der Waals surface area contributed by atoms with E-state index < -0.39 is 0 Å². The number of benzene rings is 1. The van der Waals surface area contributed by atoms with Gasteiger partial charge in [0.25, 0.3) is 11.8 Å². The molecule has 1 aromatic carbocycles. The number of hydrogen-bond acceptors (Lipinski definition) is 4. The van der Waals surface area contributed by atoms with Crippen molar-refractivity contribution >= 4 is 29.2 Å². The van der Waals surface area contributed by atoms with Crippen LogP contribution in [0.15, 0.2) is 24.3 Å². The van der Waals surface area contributed by atoms with E-state index in [9.17, 15) is 9.59 Å². The summed E-state index contributed by atoms with van der Waals surface area (Å²) in [6, 6.07) is 8.55. The van der Waals surface area contributed by atoms with Crippen molar-refractivity contribution in [2.75, 3.05) is 31.5 Å². The maximum atomic E-state index is 12.9. The molecule has 1 saturated heterocycles. The Kier molecular flexibility index (Phi) is 5.98. The lowest BCUT2D eigenvalue weighted by Gasteiger charge is -2.36. The summed E-state index contributed by atoms with van der Waals surface area (Å²) >= 11 is 0. The molecule has 3 heterocycles. The Bertz CT molecular complexity index is 1030. The second-order valence-corrected chi connectivity index (χ2v) is 8.71. The summed E-state index contributed by atoms with van der Waals surface area (Å²) in [5.74, 6) is -0.207. The Morgan fingerprint density at radius 2 is 1.90 bits per heavy atom. The van der Waals surface area contributed by atoms with Crippen molar-refractivity contribution in [2.24, 2.45) is 0 Å². The molecule has 4 rings (SSSR count). The van der Waals surface area contributed by atoms with Crippen LogP contribution in [0.2, 0.25) is 0 Å². The van der Waals surface area contributed by atoms with Crippen molar-refractivity contribution in [1.82, 2.24) is 20.5 Å². The summed E-state index contributed by atoms with van der Waals surface area (Å²) in [5.41, 5.74) is 5.39. The van der Waals surface area contributed by atoms with Crippen LogP contribution in [0.1, 0.15) is 46.7 Å². The number of H-pyrrole nitrogens is 1. The van der Waals surface area contributed by atoms with Crippen molar-refractivity contribution < 1.29 is 9.59 Å². The molecule has 2 aliphatic heterocycles. The third kappa shape index (κ3) is 4.43. The minimum Gasteiger partial charge on any atom is -0.358 e. The van der Waals surface area contributed by atoms with Crippen molar-refractivity contribution in [1.29, 1.82) is 0 Å². The lowest BCUT2D eigenvalue weighted by molar-refractivity contribution is -0.110. The van der Waals surface area contributed by atoms with E-state index in [-0.39, 0.29) is 11.8 Å². The molecule has 2 amide bonds. The Labute approximate surface area is 183 Å².